The number of aromatic nitrogens is 5. The topological polar surface area (TPSA) is 48.5 Å². The van der Waals surface area contributed by atoms with Gasteiger partial charge in [0.25, 0.3) is 0 Å². The molecule has 4 aromatic heterocycles. The SMILES string of the molecule is c1ccc(-c2ccc3c4ccccc4n(-c4ccc5c(c4)sc4cc6c(cc45)c4ccccc4n6-c4cccc(-c5nc(-c6ccccc6)nc(-c6ccccc6)n5)c4)c3c2)cc1. The van der Waals surface area contributed by atoms with E-state index in [-0.39, 0.29) is 0 Å². The molecule has 0 aliphatic rings. The summed E-state index contributed by atoms with van der Waals surface area (Å²) >= 11 is 1.86. The summed E-state index contributed by atoms with van der Waals surface area (Å²) in [4.78, 5) is 15.0. The Balaban J connectivity index is 0.969. The molecule has 9 aromatic carbocycles. The molecule has 0 atom stereocenters. The van der Waals surface area contributed by atoms with E-state index in [0.717, 1.165) is 39.1 Å². The predicted molar refractivity (Wildman–Crippen MR) is 263 cm³/mol. The van der Waals surface area contributed by atoms with Gasteiger partial charge in [0.05, 0.1) is 22.1 Å². The van der Waals surface area contributed by atoms with Crippen LogP contribution < -0.4 is 0 Å². The van der Waals surface area contributed by atoms with Gasteiger partial charge in [-0.1, -0.05) is 158 Å². The molecule has 0 saturated carbocycles. The summed E-state index contributed by atoms with van der Waals surface area (Å²) in [6.07, 6.45) is 0. The molecule has 0 fully saturated rings. The maximum Gasteiger partial charge on any atom is 0.164 e. The molecule has 0 saturated heterocycles. The van der Waals surface area contributed by atoms with Crippen molar-refractivity contribution < 1.29 is 0 Å². The van der Waals surface area contributed by atoms with Crippen molar-refractivity contribution in [2.75, 3.05) is 0 Å². The van der Waals surface area contributed by atoms with Gasteiger partial charge < -0.3 is 9.13 Å². The summed E-state index contributed by atoms with van der Waals surface area (Å²) in [6.45, 7) is 0. The molecule has 4 heterocycles. The summed E-state index contributed by atoms with van der Waals surface area (Å²) in [7, 11) is 0. The first-order valence-corrected chi connectivity index (χ1v) is 22.0. The number of hydrogen-bond acceptors (Lipinski definition) is 4. The fourth-order valence-electron chi connectivity index (χ4n) is 9.43. The van der Waals surface area contributed by atoms with Gasteiger partial charge in [0.2, 0.25) is 0 Å². The molecule has 0 aliphatic carbocycles. The van der Waals surface area contributed by atoms with E-state index in [0.29, 0.717) is 17.5 Å². The minimum Gasteiger partial charge on any atom is -0.309 e. The molecule has 13 aromatic rings. The standard InChI is InChI=1S/C57H35N5S/c1-4-15-36(16-5-1)39-27-29-45-43-23-10-12-25-49(43)62(51(45)32-39)42-28-30-46-48-34-47-44-24-11-13-26-50(44)61(52(47)35-54(48)63-53(46)33-42)41-22-14-21-40(31-41)57-59-55(37-17-6-2-7-18-37)58-56(60-57)38-19-8-3-9-20-38/h1-35H. The lowest BCUT2D eigenvalue weighted by molar-refractivity contribution is 1.07. The molecule has 0 unspecified atom stereocenters. The second-order valence-electron chi connectivity index (χ2n) is 16.0. The summed E-state index contributed by atoms with van der Waals surface area (Å²) in [5.41, 5.74) is 12.2. The Bertz CT molecular complexity index is 3850. The van der Waals surface area contributed by atoms with Crippen LogP contribution in [0.25, 0.3) is 120 Å². The number of fused-ring (bicyclic) bond motifs is 9. The number of rotatable bonds is 6. The van der Waals surface area contributed by atoms with Gasteiger partial charge in [0.1, 0.15) is 0 Å². The zero-order valence-electron chi connectivity index (χ0n) is 33.9. The van der Waals surface area contributed by atoms with Gasteiger partial charge in [0, 0.05) is 69.8 Å². The number of thiophene rings is 1. The van der Waals surface area contributed by atoms with Crippen LogP contribution in [0.4, 0.5) is 0 Å². The molecule has 63 heavy (non-hydrogen) atoms. The second-order valence-corrected chi connectivity index (χ2v) is 17.1. The first-order chi connectivity index (χ1) is 31.2. The smallest absolute Gasteiger partial charge is 0.164 e. The van der Waals surface area contributed by atoms with E-state index in [1.807, 2.05) is 72.0 Å². The zero-order valence-corrected chi connectivity index (χ0v) is 34.7. The third-order valence-corrected chi connectivity index (χ3v) is 13.5. The Morgan fingerprint density at radius 3 is 1.43 bits per heavy atom. The molecular formula is C57H35N5S. The molecule has 13 rings (SSSR count). The van der Waals surface area contributed by atoms with Gasteiger partial charge in [-0.2, -0.15) is 0 Å². The summed E-state index contributed by atoms with van der Waals surface area (Å²) in [5.74, 6) is 1.92. The highest BCUT2D eigenvalue weighted by Crippen LogP contribution is 2.43. The predicted octanol–water partition coefficient (Wildman–Crippen LogP) is 15.1. The minimum absolute atomic E-state index is 0.632. The molecule has 0 spiro atoms. The highest BCUT2D eigenvalue weighted by Gasteiger charge is 2.19. The van der Waals surface area contributed by atoms with Crippen LogP contribution in [-0.2, 0) is 0 Å². The highest BCUT2D eigenvalue weighted by molar-refractivity contribution is 7.25. The van der Waals surface area contributed by atoms with Crippen molar-refractivity contribution in [1.29, 1.82) is 0 Å². The van der Waals surface area contributed by atoms with Crippen LogP contribution in [-0.4, -0.2) is 24.1 Å². The Hall–Kier alpha value is -8.19. The van der Waals surface area contributed by atoms with Crippen LogP contribution >= 0.6 is 11.3 Å². The van der Waals surface area contributed by atoms with Gasteiger partial charge in [-0.15, -0.1) is 11.3 Å². The maximum absolute atomic E-state index is 5.06. The van der Waals surface area contributed by atoms with E-state index >= 15 is 0 Å². The molecule has 6 heteroatoms. The van der Waals surface area contributed by atoms with Crippen molar-refractivity contribution in [3.63, 3.8) is 0 Å². The van der Waals surface area contributed by atoms with E-state index in [1.165, 1.54) is 63.9 Å². The Morgan fingerprint density at radius 2 is 0.762 bits per heavy atom. The lowest BCUT2D eigenvalue weighted by Gasteiger charge is -2.11. The quantitative estimate of drug-likeness (QED) is 0.168. The molecule has 0 radical (unpaired) electrons. The van der Waals surface area contributed by atoms with Crippen LogP contribution in [0.2, 0.25) is 0 Å². The van der Waals surface area contributed by atoms with Gasteiger partial charge in [-0.25, -0.2) is 15.0 Å². The van der Waals surface area contributed by atoms with Crippen molar-refractivity contribution in [1.82, 2.24) is 24.1 Å². The molecule has 0 N–H and O–H groups in total. The van der Waals surface area contributed by atoms with Crippen molar-refractivity contribution in [3.8, 4) is 56.7 Å². The van der Waals surface area contributed by atoms with Crippen LogP contribution in [0.15, 0.2) is 212 Å². The lowest BCUT2D eigenvalue weighted by Crippen LogP contribution is -2.01. The first kappa shape index (κ1) is 35.6. The molecule has 0 amide bonds. The number of hydrogen-bond donors (Lipinski definition) is 0. The first-order valence-electron chi connectivity index (χ1n) is 21.2. The summed E-state index contributed by atoms with van der Waals surface area (Å²) < 4.78 is 7.34. The van der Waals surface area contributed by atoms with E-state index < -0.39 is 0 Å². The Labute approximate surface area is 366 Å². The van der Waals surface area contributed by atoms with E-state index in [9.17, 15) is 0 Å². The number of para-hydroxylation sites is 2. The molecule has 0 aliphatic heterocycles. The normalized spacial score (nSPS) is 11.8. The maximum atomic E-state index is 5.06. The largest absolute Gasteiger partial charge is 0.309 e. The molecule has 0 bridgehead atoms. The molecular weight excluding hydrogens is 787 g/mol. The minimum atomic E-state index is 0.632. The highest BCUT2D eigenvalue weighted by atomic mass is 32.1. The summed E-state index contributed by atoms with van der Waals surface area (Å²) in [5, 5.41) is 7.49. The van der Waals surface area contributed by atoms with E-state index in [2.05, 4.69) is 161 Å². The monoisotopic (exact) mass is 821 g/mol. The van der Waals surface area contributed by atoms with Crippen LogP contribution in [0.1, 0.15) is 0 Å². The number of nitrogens with zero attached hydrogens (tertiary/aromatic N) is 5. The lowest BCUT2D eigenvalue weighted by atomic mass is 10.0. The van der Waals surface area contributed by atoms with Crippen molar-refractivity contribution >= 4 is 75.1 Å². The fraction of sp³-hybridized carbons (Fsp3) is 0. The Morgan fingerprint density at radius 1 is 0.270 bits per heavy atom. The fourth-order valence-corrected chi connectivity index (χ4v) is 10.6. The van der Waals surface area contributed by atoms with Gasteiger partial charge in [-0.3, -0.25) is 0 Å². The average molecular weight is 822 g/mol. The van der Waals surface area contributed by atoms with Crippen molar-refractivity contribution in [3.05, 3.63) is 212 Å². The number of benzene rings is 9. The Kier molecular flexibility index (Phi) is 8.01. The van der Waals surface area contributed by atoms with Gasteiger partial charge in [0.15, 0.2) is 17.5 Å². The summed E-state index contributed by atoms with van der Waals surface area (Å²) in [6, 6.07) is 75.7. The van der Waals surface area contributed by atoms with Gasteiger partial charge in [-0.05, 0) is 65.7 Å². The van der Waals surface area contributed by atoms with Crippen molar-refractivity contribution in [2.24, 2.45) is 0 Å². The van der Waals surface area contributed by atoms with Crippen molar-refractivity contribution in [2.45, 2.75) is 0 Å². The van der Waals surface area contributed by atoms with Gasteiger partial charge >= 0.3 is 0 Å². The molecule has 5 nitrogen and oxygen atoms in total. The second kappa shape index (κ2) is 14.2. The zero-order chi connectivity index (χ0) is 41.4. The average Bonchev–Trinajstić information content (AvgIpc) is 4.00. The van der Waals surface area contributed by atoms with Crippen LogP contribution in [0, 0.1) is 0 Å². The van der Waals surface area contributed by atoms with E-state index in [1.54, 1.807) is 0 Å². The molecule has 294 valence electrons. The van der Waals surface area contributed by atoms with E-state index in [4.69, 9.17) is 15.0 Å². The third kappa shape index (κ3) is 5.80. The van der Waals surface area contributed by atoms with Crippen LogP contribution in [0.5, 0.6) is 0 Å². The third-order valence-electron chi connectivity index (χ3n) is 12.4. The van der Waals surface area contributed by atoms with Crippen LogP contribution in [0.3, 0.4) is 0 Å².